The van der Waals surface area contributed by atoms with Gasteiger partial charge in [0.1, 0.15) is 0 Å². The molecular weight excluding hydrogens is 360 g/mol. The average Bonchev–Trinajstić information content (AvgIpc) is 2.60. The summed E-state index contributed by atoms with van der Waals surface area (Å²) in [5.41, 5.74) is 0. The molecule has 168 valence electrons. The fraction of sp³-hybridized carbons (Fsp3) is 0.909. The molecule has 0 bridgehead atoms. The summed E-state index contributed by atoms with van der Waals surface area (Å²) in [6.07, 6.45) is 13.8. The predicted octanol–water partition coefficient (Wildman–Crippen LogP) is 5.15. The van der Waals surface area contributed by atoms with Crippen LogP contribution in [0.1, 0.15) is 117 Å². The van der Waals surface area contributed by atoms with Crippen LogP contribution < -0.4 is 0 Å². The molecule has 0 aromatic carbocycles. The van der Waals surface area contributed by atoms with Gasteiger partial charge in [-0.3, -0.25) is 9.59 Å². The van der Waals surface area contributed by atoms with E-state index in [4.69, 9.17) is 10.2 Å². The molecule has 4 N–H and O–H groups in total. The highest BCUT2D eigenvalue weighted by Gasteiger charge is 2.09. The molecule has 0 aromatic heterocycles. The first-order valence-corrected chi connectivity index (χ1v) is 11.1. The largest absolute Gasteiger partial charge is 0.481 e. The van der Waals surface area contributed by atoms with Crippen LogP contribution in [0.2, 0.25) is 0 Å². The zero-order valence-electron chi connectivity index (χ0n) is 18.1. The van der Waals surface area contributed by atoms with E-state index in [0.717, 1.165) is 25.7 Å². The van der Waals surface area contributed by atoms with Gasteiger partial charge in [-0.1, -0.05) is 90.9 Å². The fourth-order valence-electron chi connectivity index (χ4n) is 2.93. The molecule has 0 saturated carbocycles. The molecule has 2 unspecified atom stereocenters. The summed E-state index contributed by atoms with van der Waals surface area (Å²) < 4.78 is 0. The molecule has 0 spiro atoms. The Hall–Kier alpha value is -1.14. The average molecular weight is 405 g/mol. The molecule has 6 nitrogen and oxygen atoms in total. The van der Waals surface area contributed by atoms with Gasteiger partial charge in [-0.25, -0.2) is 0 Å². The predicted molar refractivity (Wildman–Crippen MR) is 113 cm³/mol. The van der Waals surface area contributed by atoms with Crippen molar-refractivity contribution in [2.24, 2.45) is 0 Å². The third kappa shape index (κ3) is 27.1. The second-order valence-corrected chi connectivity index (χ2v) is 7.62. The lowest BCUT2D eigenvalue weighted by atomic mass is 10.1. The second kappa shape index (κ2) is 22.2. The summed E-state index contributed by atoms with van der Waals surface area (Å²) in [6.45, 7) is 4.35. The van der Waals surface area contributed by atoms with Gasteiger partial charge >= 0.3 is 11.9 Å². The minimum Gasteiger partial charge on any atom is -0.481 e. The summed E-state index contributed by atoms with van der Waals surface area (Å²) in [6, 6.07) is 0. The summed E-state index contributed by atoms with van der Waals surface area (Å²) >= 11 is 0. The van der Waals surface area contributed by atoms with Crippen LogP contribution in [0, 0.1) is 0 Å². The molecule has 0 heterocycles. The SMILES string of the molecule is CCCCCCCC(O)CC(=O)O.CCCCCCCCCC(O)CC(=O)O. The molecular formula is C22H44O6. The van der Waals surface area contributed by atoms with E-state index in [1.165, 1.54) is 51.4 Å². The number of aliphatic carboxylic acids is 2. The van der Waals surface area contributed by atoms with Crippen molar-refractivity contribution in [1.29, 1.82) is 0 Å². The minimum absolute atomic E-state index is 0.115. The lowest BCUT2D eigenvalue weighted by Gasteiger charge is -2.06. The van der Waals surface area contributed by atoms with Gasteiger partial charge < -0.3 is 20.4 Å². The van der Waals surface area contributed by atoms with E-state index in [1.54, 1.807) is 0 Å². The summed E-state index contributed by atoms with van der Waals surface area (Å²) in [4.78, 5) is 20.4. The van der Waals surface area contributed by atoms with E-state index in [-0.39, 0.29) is 12.8 Å². The van der Waals surface area contributed by atoms with Crippen LogP contribution in [0.4, 0.5) is 0 Å². The van der Waals surface area contributed by atoms with Gasteiger partial charge in [-0.2, -0.15) is 0 Å². The Morgan fingerprint density at radius 3 is 1.14 bits per heavy atom. The Labute approximate surface area is 171 Å². The molecule has 0 amide bonds. The molecule has 0 fully saturated rings. The number of carbonyl (C=O) groups is 2. The van der Waals surface area contributed by atoms with Crippen LogP contribution in [0.25, 0.3) is 0 Å². The van der Waals surface area contributed by atoms with Crippen LogP contribution in [0.15, 0.2) is 0 Å². The monoisotopic (exact) mass is 404 g/mol. The molecule has 0 aliphatic heterocycles. The number of unbranched alkanes of at least 4 members (excludes halogenated alkanes) is 10. The Morgan fingerprint density at radius 1 is 0.571 bits per heavy atom. The van der Waals surface area contributed by atoms with Gasteiger partial charge in [-0.05, 0) is 12.8 Å². The van der Waals surface area contributed by atoms with E-state index in [0.29, 0.717) is 12.8 Å². The first kappa shape index (κ1) is 29.1. The molecule has 0 aliphatic carbocycles. The highest BCUT2D eigenvalue weighted by molar-refractivity contribution is 5.67. The normalized spacial score (nSPS) is 12.7. The van der Waals surface area contributed by atoms with Gasteiger partial charge in [0.05, 0.1) is 25.0 Å². The van der Waals surface area contributed by atoms with Gasteiger partial charge in [0.2, 0.25) is 0 Å². The van der Waals surface area contributed by atoms with Gasteiger partial charge in [0.25, 0.3) is 0 Å². The first-order valence-electron chi connectivity index (χ1n) is 11.1. The summed E-state index contributed by atoms with van der Waals surface area (Å²) in [7, 11) is 0. The van der Waals surface area contributed by atoms with Gasteiger partial charge in [0.15, 0.2) is 0 Å². The highest BCUT2D eigenvalue weighted by Crippen LogP contribution is 2.11. The minimum atomic E-state index is -0.916. The fourth-order valence-corrected chi connectivity index (χ4v) is 2.93. The number of aliphatic hydroxyl groups is 2. The molecule has 0 rings (SSSR count). The number of carboxylic acids is 2. The lowest BCUT2D eigenvalue weighted by Crippen LogP contribution is -2.12. The van der Waals surface area contributed by atoms with E-state index in [1.807, 2.05) is 0 Å². The molecule has 0 aromatic rings. The topological polar surface area (TPSA) is 115 Å². The maximum Gasteiger partial charge on any atom is 0.305 e. The Balaban J connectivity index is 0. The lowest BCUT2D eigenvalue weighted by molar-refractivity contribution is -0.140. The number of carboxylic acid groups (broad SMARTS) is 2. The van der Waals surface area contributed by atoms with Crippen molar-refractivity contribution in [3.63, 3.8) is 0 Å². The van der Waals surface area contributed by atoms with Crippen LogP contribution >= 0.6 is 0 Å². The molecule has 2 atom stereocenters. The molecule has 0 aliphatic rings. The highest BCUT2D eigenvalue weighted by atomic mass is 16.4. The van der Waals surface area contributed by atoms with Crippen molar-refractivity contribution in [3.05, 3.63) is 0 Å². The Kier molecular flexibility index (Phi) is 23.0. The number of aliphatic hydroxyl groups excluding tert-OH is 2. The van der Waals surface area contributed by atoms with Crippen LogP contribution in [0.5, 0.6) is 0 Å². The van der Waals surface area contributed by atoms with Gasteiger partial charge in [-0.15, -0.1) is 0 Å². The van der Waals surface area contributed by atoms with E-state index in [2.05, 4.69) is 13.8 Å². The number of rotatable bonds is 18. The summed E-state index contributed by atoms with van der Waals surface area (Å²) in [5.74, 6) is -1.83. The third-order valence-electron chi connectivity index (χ3n) is 4.60. The van der Waals surface area contributed by atoms with E-state index in [9.17, 15) is 19.8 Å². The zero-order chi connectivity index (χ0) is 21.6. The van der Waals surface area contributed by atoms with Crippen LogP contribution in [0.3, 0.4) is 0 Å². The van der Waals surface area contributed by atoms with E-state index < -0.39 is 24.1 Å². The Morgan fingerprint density at radius 2 is 0.857 bits per heavy atom. The third-order valence-corrected chi connectivity index (χ3v) is 4.60. The maximum atomic E-state index is 10.3. The van der Waals surface area contributed by atoms with Crippen molar-refractivity contribution in [2.75, 3.05) is 0 Å². The maximum absolute atomic E-state index is 10.3. The quantitative estimate of drug-likeness (QED) is 0.235. The number of hydrogen-bond acceptors (Lipinski definition) is 4. The molecule has 0 radical (unpaired) electrons. The van der Waals surface area contributed by atoms with Crippen molar-refractivity contribution >= 4 is 11.9 Å². The van der Waals surface area contributed by atoms with Gasteiger partial charge in [0, 0.05) is 0 Å². The molecule has 0 saturated heterocycles. The van der Waals surface area contributed by atoms with Crippen molar-refractivity contribution in [2.45, 2.75) is 129 Å². The second-order valence-electron chi connectivity index (χ2n) is 7.62. The van der Waals surface area contributed by atoms with Crippen LogP contribution in [-0.4, -0.2) is 44.6 Å². The van der Waals surface area contributed by atoms with Crippen molar-refractivity contribution in [3.8, 4) is 0 Å². The summed E-state index contributed by atoms with van der Waals surface area (Å²) in [5, 5.41) is 35.3. The molecule has 6 heteroatoms. The number of hydrogen-bond donors (Lipinski definition) is 4. The molecule has 28 heavy (non-hydrogen) atoms. The zero-order valence-corrected chi connectivity index (χ0v) is 18.1. The first-order chi connectivity index (χ1) is 13.3. The smallest absolute Gasteiger partial charge is 0.305 e. The van der Waals surface area contributed by atoms with Crippen LogP contribution in [-0.2, 0) is 9.59 Å². The Bertz CT molecular complexity index is 359. The van der Waals surface area contributed by atoms with Crippen molar-refractivity contribution < 1.29 is 30.0 Å². The van der Waals surface area contributed by atoms with E-state index >= 15 is 0 Å². The standard InChI is InChI=1S/C12H24O3.C10H20O3/c1-2-3-4-5-6-7-8-9-11(13)10-12(14)15;1-2-3-4-5-6-7-9(11)8-10(12)13/h11,13H,2-10H2,1H3,(H,14,15);9,11H,2-8H2,1H3,(H,12,13). The van der Waals surface area contributed by atoms with Crippen molar-refractivity contribution in [1.82, 2.24) is 0 Å².